The first-order chi connectivity index (χ1) is 11.6. The highest BCUT2D eigenvalue weighted by Gasteiger charge is 2.34. The summed E-state index contributed by atoms with van der Waals surface area (Å²) in [4.78, 5) is 12.4. The largest absolute Gasteiger partial charge is 0.493 e. The molecule has 25 heavy (non-hydrogen) atoms. The maximum Gasteiger partial charge on any atom is 0.224 e. The second kappa shape index (κ2) is 8.63. The third-order valence-electron chi connectivity index (χ3n) is 4.99. The van der Waals surface area contributed by atoms with Crippen LogP contribution >= 0.6 is 12.4 Å². The van der Waals surface area contributed by atoms with E-state index in [1.165, 1.54) is 12.8 Å². The van der Waals surface area contributed by atoms with E-state index in [1.807, 2.05) is 0 Å². The smallest absolute Gasteiger partial charge is 0.224 e. The van der Waals surface area contributed by atoms with E-state index in [0.29, 0.717) is 47.4 Å². The number of ether oxygens (including phenoxy) is 3. The molecule has 2 aliphatic rings. The number of methoxy groups -OCH3 is 3. The van der Waals surface area contributed by atoms with Crippen molar-refractivity contribution in [1.29, 1.82) is 0 Å². The minimum atomic E-state index is 0. The van der Waals surface area contributed by atoms with Gasteiger partial charge in [0.2, 0.25) is 11.7 Å². The monoisotopic (exact) mass is 370 g/mol. The molecule has 2 fully saturated rings. The van der Waals surface area contributed by atoms with Gasteiger partial charge in [0.1, 0.15) is 0 Å². The Bertz CT molecular complexity index is 574. The molecule has 2 unspecified atom stereocenters. The Kier molecular flexibility index (Phi) is 6.79. The van der Waals surface area contributed by atoms with E-state index >= 15 is 0 Å². The van der Waals surface area contributed by atoms with Crippen LogP contribution in [0, 0.1) is 5.92 Å². The lowest BCUT2D eigenvalue weighted by molar-refractivity contribution is -0.117. The van der Waals surface area contributed by atoms with Crippen LogP contribution in [0.4, 0.5) is 5.69 Å². The fourth-order valence-electron chi connectivity index (χ4n) is 3.97. The van der Waals surface area contributed by atoms with Gasteiger partial charge in [-0.25, -0.2) is 0 Å². The summed E-state index contributed by atoms with van der Waals surface area (Å²) < 4.78 is 15.9. The van der Waals surface area contributed by atoms with Crippen LogP contribution < -0.4 is 24.8 Å². The molecule has 0 aromatic heterocycles. The Labute approximate surface area is 155 Å². The number of benzene rings is 1. The minimum absolute atomic E-state index is 0. The van der Waals surface area contributed by atoms with E-state index in [9.17, 15) is 4.79 Å². The van der Waals surface area contributed by atoms with Gasteiger partial charge in [-0.05, 0) is 31.6 Å². The van der Waals surface area contributed by atoms with Crippen LogP contribution in [0.3, 0.4) is 0 Å². The lowest BCUT2D eigenvalue weighted by atomic mass is 9.89. The first-order valence-corrected chi connectivity index (χ1v) is 8.48. The summed E-state index contributed by atoms with van der Waals surface area (Å²) in [5, 5.41) is 6.57. The van der Waals surface area contributed by atoms with Crippen LogP contribution in [0.2, 0.25) is 0 Å². The number of anilines is 1. The molecule has 3 rings (SSSR count). The summed E-state index contributed by atoms with van der Waals surface area (Å²) in [6, 6.07) is 4.71. The molecule has 0 spiro atoms. The van der Waals surface area contributed by atoms with Crippen molar-refractivity contribution < 1.29 is 19.0 Å². The fraction of sp³-hybridized carbons (Fsp3) is 0.611. The van der Waals surface area contributed by atoms with Crippen molar-refractivity contribution in [1.82, 2.24) is 5.32 Å². The molecule has 2 aliphatic heterocycles. The number of hydrogen-bond donors (Lipinski definition) is 2. The van der Waals surface area contributed by atoms with Crippen molar-refractivity contribution in [2.45, 2.75) is 44.2 Å². The Balaban J connectivity index is 0.00000225. The summed E-state index contributed by atoms with van der Waals surface area (Å²) >= 11 is 0. The van der Waals surface area contributed by atoms with Gasteiger partial charge in [-0.1, -0.05) is 0 Å². The highest BCUT2D eigenvalue weighted by molar-refractivity contribution is 5.91. The second-order valence-corrected chi connectivity index (χ2v) is 6.64. The maximum absolute atomic E-state index is 12.4. The van der Waals surface area contributed by atoms with Gasteiger partial charge in [0.25, 0.3) is 0 Å². The average Bonchev–Trinajstić information content (AvgIpc) is 2.92. The molecule has 2 atom stereocenters. The molecule has 2 N–H and O–H groups in total. The second-order valence-electron chi connectivity index (χ2n) is 6.64. The Morgan fingerprint density at radius 3 is 2.12 bits per heavy atom. The van der Waals surface area contributed by atoms with Gasteiger partial charge >= 0.3 is 0 Å². The predicted molar refractivity (Wildman–Crippen MR) is 99.3 cm³/mol. The van der Waals surface area contributed by atoms with Crippen LogP contribution in [0.15, 0.2) is 12.1 Å². The van der Waals surface area contributed by atoms with Gasteiger partial charge in [-0.3, -0.25) is 4.79 Å². The standard InChI is InChI=1S/C18H26N2O4.ClH/c1-22-15-9-14(10-16(23-2)18(15)24-3)20-17(21)8-11-6-12-4-5-13(7-11)19-12;/h9-13,19H,4-8H2,1-3H3,(H,20,21);1H. The number of amides is 1. The van der Waals surface area contributed by atoms with Gasteiger partial charge in [-0.2, -0.15) is 0 Å². The van der Waals surface area contributed by atoms with E-state index in [1.54, 1.807) is 33.5 Å². The van der Waals surface area contributed by atoms with Crippen molar-refractivity contribution in [3.8, 4) is 17.2 Å². The summed E-state index contributed by atoms with van der Waals surface area (Å²) in [6.45, 7) is 0. The number of carbonyl (C=O) groups excluding carboxylic acids is 1. The number of rotatable bonds is 6. The fourth-order valence-corrected chi connectivity index (χ4v) is 3.97. The zero-order valence-electron chi connectivity index (χ0n) is 15.0. The molecule has 2 heterocycles. The average molecular weight is 371 g/mol. The molecule has 0 saturated carbocycles. The summed E-state index contributed by atoms with van der Waals surface area (Å²) in [7, 11) is 4.69. The van der Waals surface area contributed by atoms with Crippen LogP contribution in [0.1, 0.15) is 32.1 Å². The number of hydrogen-bond acceptors (Lipinski definition) is 5. The number of carbonyl (C=O) groups is 1. The van der Waals surface area contributed by atoms with Crippen LogP contribution in [-0.4, -0.2) is 39.3 Å². The van der Waals surface area contributed by atoms with Crippen LogP contribution in [0.25, 0.3) is 0 Å². The third-order valence-corrected chi connectivity index (χ3v) is 4.99. The highest BCUT2D eigenvalue weighted by atomic mass is 35.5. The lowest BCUT2D eigenvalue weighted by Crippen LogP contribution is -2.39. The van der Waals surface area contributed by atoms with Crippen molar-refractivity contribution in [2.75, 3.05) is 26.6 Å². The van der Waals surface area contributed by atoms with E-state index in [-0.39, 0.29) is 18.3 Å². The van der Waals surface area contributed by atoms with E-state index in [0.717, 1.165) is 12.8 Å². The molecule has 1 aromatic rings. The van der Waals surface area contributed by atoms with Gasteiger partial charge < -0.3 is 24.8 Å². The number of fused-ring (bicyclic) bond motifs is 2. The van der Waals surface area contributed by atoms with E-state index in [2.05, 4.69) is 10.6 Å². The summed E-state index contributed by atoms with van der Waals surface area (Å²) in [5.41, 5.74) is 0.659. The molecule has 2 bridgehead atoms. The first kappa shape index (κ1) is 19.7. The van der Waals surface area contributed by atoms with Gasteiger partial charge in [-0.15, -0.1) is 12.4 Å². The normalized spacial score (nSPS) is 24.2. The van der Waals surface area contributed by atoms with Crippen LogP contribution in [-0.2, 0) is 4.79 Å². The van der Waals surface area contributed by atoms with Gasteiger partial charge in [0.15, 0.2) is 11.5 Å². The molecule has 6 nitrogen and oxygen atoms in total. The SMILES string of the molecule is COc1cc(NC(=O)CC2CC3CCC(C2)N3)cc(OC)c1OC.Cl. The molecule has 2 saturated heterocycles. The zero-order chi connectivity index (χ0) is 17.1. The number of nitrogens with one attached hydrogen (secondary N) is 2. The van der Waals surface area contributed by atoms with Gasteiger partial charge in [0.05, 0.1) is 21.3 Å². The molecule has 1 amide bonds. The minimum Gasteiger partial charge on any atom is -0.493 e. The maximum atomic E-state index is 12.4. The highest BCUT2D eigenvalue weighted by Crippen LogP contribution is 2.40. The van der Waals surface area contributed by atoms with Crippen molar-refractivity contribution in [3.63, 3.8) is 0 Å². The molecular formula is C18H27ClN2O4. The first-order valence-electron chi connectivity index (χ1n) is 8.48. The molecule has 0 aliphatic carbocycles. The quantitative estimate of drug-likeness (QED) is 0.805. The molecular weight excluding hydrogens is 344 g/mol. The van der Waals surface area contributed by atoms with Gasteiger partial charge in [0, 0.05) is 36.3 Å². The van der Waals surface area contributed by atoms with E-state index < -0.39 is 0 Å². The summed E-state index contributed by atoms with van der Waals surface area (Å²) in [6.07, 6.45) is 5.25. The van der Waals surface area contributed by atoms with Crippen molar-refractivity contribution >= 4 is 24.0 Å². The van der Waals surface area contributed by atoms with Crippen LogP contribution in [0.5, 0.6) is 17.2 Å². The number of piperidine rings is 1. The Morgan fingerprint density at radius 2 is 1.64 bits per heavy atom. The van der Waals surface area contributed by atoms with E-state index in [4.69, 9.17) is 14.2 Å². The Morgan fingerprint density at radius 1 is 1.08 bits per heavy atom. The summed E-state index contributed by atoms with van der Waals surface area (Å²) in [5.74, 6) is 2.09. The van der Waals surface area contributed by atoms with Crippen molar-refractivity contribution in [2.24, 2.45) is 5.92 Å². The molecule has 7 heteroatoms. The molecule has 1 aromatic carbocycles. The number of halogens is 1. The topological polar surface area (TPSA) is 68.8 Å². The van der Waals surface area contributed by atoms with Crippen molar-refractivity contribution in [3.05, 3.63) is 12.1 Å². The third kappa shape index (κ3) is 4.50. The zero-order valence-corrected chi connectivity index (χ0v) is 15.8. The predicted octanol–water partition coefficient (Wildman–Crippen LogP) is 2.99. The lowest BCUT2D eigenvalue weighted by Gasteiger charge is -2.28. The molecule has 140 valence electrons. The molecule has 0 radical (unpaired) electrons. The Hall–Kier alpha value is -1.66.